The van der Waals surface area contributed by atoms with Gasteiger partial charge in [-0.25, -0.2) is 0 Å². The molecule has 1 atom stereocenters. The molecule has 3 heteroatoms. The molecule has 0 bridgehead atoms. The lowest BCUT2D eigenvalue weighted by atomic mass is 10.2. The van der Waals surface area contributed by atoms with Crippen molar-refractivity contribution in [1.82, 2.24) is 10.3 Å². The predicted octanol–water partition coefficient (Wildman–Crippen LogP) is 3.48. The Morgan fingerprint density at radius 3 is 2.94 bits per heavy atom. The molecule has 2 rings (SSSR count). The zero-order valence-electron chi connectivity index (χ0n) is 9.60. The molecule has 0 saturated carbocycles. The van der Waals surface area contributed by atoms with Gasteiger partial charge in [0.1, 0.15) is 0 Å². The van der Waals surface area contributed by atoms with E-state index >= 15 is 0 Å². The minimum atomic E-state index is 0.431. The number of nitrogens with one attached hydrogen (secondary N) is 1. The maximum Gasteiger partial charge on any atom is 0.0386 e. The smallest absolute Gasteiger partial charge is 0.0386 e. The summed E-state index contributed by atoms with van der Waals surface area (Å²) in [5.74, 6) is 0. The molecule has 0 aromatic carbocycles. The molecule has 2 aromatic heterocycles. The molecule has 1 N–H and O–H groups in total. The molecule has 0 aliphatic heterocycles. The van der Waals surface area contributed by atoms with Gasteiger partial charge in [-0.2, -0.15) is 0 Å². The van der Waals surface area contributed by atoms with Crippen molar-refractivity contribution in [3.63, 3.8) is 0 Å². The van der Waals surface area contributed by atoms with E-state index in [4.69, 9.17) is 0 Å². The average Bonchev–Trinajstić information content (AvgIpc) is 2.80. The molecule has 84 valence electrons. The minimum absolute atomic E-state index is 0.431. The van der Waals surface area contributed by atoms with Crippen LogP contribution in [0.5, 0.6) is 0 Å². The number of hydrogen-bond acceptors (Lipinski definition) is 3. The van der Waals surface area contributed by atoms with Gasteiger partial charge in [-0.1, -0.05) is 13.0 Å². The molecule has 2 heterocycles. The van der Waals surface area contributed by atoms with Gasteiger partial charge < -0.3 is 5.32 Å². The SMILES string of the molecule is CCNC(C)c1ccc(-c2cccnc2)s1. The Bertz CT molecular complexity index is 436. The minimum Gasteiger partial charge on any atom is -0.310 e. The third kappa shape index (κ3) is 2.49. The Labute approximate surface area is 100 Å². The van der Waals surface area contributed by atoms with Crippen LogP contribution in [0.2, 0.25) is 0 Å². The van der Waals surface area contributed by atoms with E-state index in [-0.39, 0.29) is 0 Å². The molecule has 0 radical (unpaired) electrons. The largest absolute Gasteiger partial charge is 0.310 e. The monoisotopic (exact) mass is 232 g/mol. The Kier molecular flexibility index (Phi) is 3.70. The fourth-order valence-corrected chi connectivity index (χ4v) is 2.68. The number of pyridine rings is 1. The van der Waals surface area contributed by atoms with E-state index in [0.29, 0.717) is 6.04 Å². The zero-order valence-corrected chi connectivity index (χ0v) is 10.4. The van der Waals surface area contributed by atoms with E-state index in [0.717, 1.165) is 6.54 Å². The summed E-state index contributed by atoms with van der Waals surface area (Å²) >= 11 is 1.83. The summed E-state index contributed by atoms with van der Waals surface area (Å²) in [5, 5.41) is 3.42. The first-order valence-electron chi connectivity index (χ1n) is 5.54. The van der Waals surface area contributed by atoms with E-state index in [9.17, 15) is 0 Å². The first-order chi connectivity index (χ1) is 7.81. The number of thiophene rings is 1. The second-order valence-electron chi connectivity index (χ2n) is 3.72. The van der Waals surface area contributed by atoms with Gasteiger partial charge in [-0.05, 0) is 31.7 Å². The van der Waals surface area contributed by atoms with Crippen molar-refractivity contribution in [3.8, 4) is 10.4 Å². The fraction of sp³-hybridized carbons (Fsp3) is 0.308. The summed E-state index contributed by atoms with van der Waals surface area (Å²) in [7, 11) is 0. The van der Waals surface area contributed by atoms with Crippen LogP contribution in [0.25, 0.3) is 10.4 Å². The summed E-state index contributed by atoms with van der Waals surface area (Å²) in [6, 6.07) is 8.87. The van der Waals surface area contributed by atoms with Gasteiger partial charge in [0, 0.05) is 33.8 Å². The Morgan fingerprint density at radius 1 is 1.38 bits per heavy atom. The lowest BCUT2D eigenvalue weighted by Gasteiger charge is -2.08. The first-order valence-corrected chi connectivity index (χ1v) is 6.36. The van der Waals surface area contributed by atoms with Crippen LogP contribution >= 0.6 is 11.3 Å². The second-order valence-corrected chi connectivity index (χ2v) is 4.84. The van der Waals surface area contributed by atoms with Crippen LogP contribution in [0.3, 0.4) is 0 Å². The average molecular weight is 232 g/mol. The van der Waals surface area contributed by atoms with Crippen molar-refractivity contribution < 1.29 is 0 Å². The van der Waals surface area contributed by atoms with Crippen molar-refractivity contribution in [3.05, 3.63) is 41.5 Å². The van der Waals surface area contributed by atoms with Gasteiger partial charge in [-0.15, -0.1) is 11.3 Å². The highest BCUT2D eigenvalue weighted by atomic mass is 32.1. The van der Waals surface area contributed by atoms with Crippen molar-refractivity contribution in [2.45, 2.75) is 19.9 Å². The Hall–Kier alpha value is -1.19. The van der Waals surface area contributed by atoms with Gasteiger partial charge in [0.15, 0.2) is 0 Å². The molecular formula is C13H16N2S. The lowest BCUT2D eigenvalue weighted by Crippen LogP contribution is -2.16. The van der Waals surface area contributed by atoms with Crippen LogP contribution in [0.1, 0.15) is 24.8 Å². The molecule has 0 fully saturated rings. The van der Waals surface area contributed by atoms with E-state index < -0.39 is 0 Å². The van der Waals surface area contributed by atoms with Crippen LogP contribution < -0.4 is 5.32 Å². The summed E-state index contributed by atoms with van der Waals surface area (Å²) < 4.78 is 0. The molecule has 2 nitrogen and oxygen atoms in total. The first kappa shape index (κ1) is 11.3. The molecule has 0 spiro atoms. The molecule has 0 aliphatic rings. The summed E-state index contributed by atoms with van der Waals surface area (Å²) in [5.41, 5.74) is 1.20. The van der Waals surface area contributed by atoms with Gasteiger partial charge in [0.05, 0.1) is 0 Å². The van der Waals surface area contributed by atoms with E-state index in [1.807, 2.05) is 23.6 Å². The molecule has 1 unspecified atom stereocenters. The lowest BCUT2D eigenvalue weighted by molar-refractivity contribution is 0.607. The van der Waals surface area contributed by atoms with E-state index in [1.165, 1.54) is 15.3 Å². The second kappa shape index (κ2) is 5.23. The summed E-state index contributed by atoms with van der Waals surface area (Å²) in [6.45, 7) is 5.33. The third-order valence-corrected chi connectivity index (χ3v) is 3.83. The van der Waals surface area contributed by atoms with Gasteiger partial charge >= 0.3 is 0 Å². The maximum absolute atomic E-state index is 4.14. The number of nitrogens with zero attached hydrogens (tertiary/aromatic N) is 1. The molecule has 0 saturated heterocycles. The fourth-order valence-electron chi connectivity index (χ4n) is 1.66. The zero-order chi connectivity index (χ0) is 11.4. The normalized spacial score (nSPS) is 12.6. The van der Waals surface area contributed by atoms with Crippen LogP contribution in [0.15, 0.2) is 36.7 Å². The van der Waals surface area contributed by atoms with Crippen molar-refractivity contribution in [1.29, 1.82) is 0 Å². The highest BCUT2D eigenvalue weighted by Crippen LogP contribution is 2.30. The Balaban J connectivity index is 2.20. The number of rotatable bonds is 4. The van der Waals surface area contributed by atoms with Crippen molar-refractivity contribution in [2.24, 2.45) is 0 Å². The van der Waals surface area contributed by atoms with Crippen LogP contribution in [-0.2, 0) is 0 Å². The van der Waals surface area contributed by atoms with Crippen LogP contribution in [0.4, 0.5) is 0 Å². The summed E-state index contributed by atoms with van der Waals surface area (Å²) in [6.07, 6.45) is 3.72. The van der Waals surface area contributed by atoms with Gasteiger partial charge in [0.25, 0.3) is 0 Å². The third-order valence-electron chi connectivity index (χ3n) is 2.51. The maximum atomic E-state index is 4.14. The molecule has 0 aliphatic carbocycles. The van der Waals surface area contributed by atoms with E-state index in [2.05, 4.69) is 42.3 Å². The highest BCUT2D eigenvalue weighted by Gasteiger charge is 2.08. The van der Waals surface area contributed by atoms with Crippen molar-refractivity contribution >= 4 is 11.3 Å². The molecule has 0 amide bonds. The molecular weight excluding hydrogens is 216 g/mol. The molecule has 16 heavy (non-hydrogen) atoms. The number of aromatic nitrogens is 1. The number of hydrogen-bond donors (Lipinski definition) is 1. The quantitative estimate of drug-likeness (QED) is 0.873. The van der Waals surface area contributed by atoms with Gasteiger partial charge in [0.2, 0.25) is 0 Å². The summed E-state index contributed by atoms with van der Waals surface area (Å²) in [4.78, 5) is 6.80. The van der Waals surface area contributed by atoms with Gasteiger partial charge in [-0.3, -0.25) is 4.98 Å². The van der Waals surface area contributed by atoms with Crippen LogP contribution in [0, 0.1) is 0 Å². The van der Waals surface area contributed by atoms with E-state index in [1.54, 1.807) is 6.20 Å². The standard InChI is InChI=1S/C13H16N2S/c1-3-15-10(2)12-6-7-13(16-12)11-5-4-8-14-9-11/h4-10,15H,3H2,1-2H3. The van der Waals surface area contributed by atoms with Crippen LogP contribution in [-0.4, -0.2) is 11.5 Å². The predicted molar refractivity (Wildman–Crippen MR) is 69.6 cm³/mol. The molecule has 2 aromatic rings. The topological polar surface area (TPSA) is 24.9 Å². The van der Waals surface area contributed by atoms with Crippen molar-refractivity contribution in [2.75, 3.05) is 6.54 Å². The Morgan fingerprint density at radius 2 is 2.25 bits per heavy atom. The highest BCUT2D eigenvalue weighted by molar-refractivity contribution is 7.15.